The summed E-state index contributed by atoms with van der Waals surface area (Å²) in [5, 5.41) is 9.75. The Morgan fingerprint density at radius 3 is 2.76 bits per heavy atom. The molecule has 6 nitrogen and oxygen atoms in total. The maximum absolute atomic E-state index is 12.8. The quantitative estimate of drug-likeness (QED) is 0.741. The van der Waals surface area contributed by atoms with Crippen LogP contribution in [0.4, 0.5) is 4.79 Å². The van der Waals surface area contributed by atoms with E-state index in [9.17, 15) is 9.59 Å². The molecule has 1 amide bonds. The molecule has 1 aromatic carbocycles. The summed E-state index contributed by atoms with van der Waals surface area (Å²) in [6.45, 7) is 0.753. The second-order valence-electron chi connectivity index (χ2n) is 5.96. The third kappa shape index (κ3) is 2.89. The van der Waals surface area contributed by atoms with Crippen molar-refractivity contribution in [1.82, 2.24) is 14.5 Å². The lowest BCUT2D eigenvalue weighted by Crippen LogP contribution is -2.30. The van der Waals surface area contributed by atoms with Gasteiger partial charge in [0.05, 0.1) is 17.9 Å². The number of thiophene rings is 1. The number of carbonyl (C=O) groups is 1. The summed E-state index contributed by atoms with van der Waals surface area (Å²) in [4.78, 5) is 30.6. The first-order chi connectivity index (χ1) is 12.0. The third-order valence-electron chi connectivity index (χ3n) is 4.42. The van der Waals surface area contributed by atoms with Crippen molar-refractivity contribution in [3.63, 3.8) is 0 Å². The largest absolute Gasteiger partial charge is 0.465 e. The lowest BCUT2D eigenvalue weighted by atomic mass is 10.2. The van der Waals surface area contributed by atoms with Gasteiger partial charge in [-0.2, -0.15) is 0 Å². The maximum atomic E-state index is 12.8. The van der Waals surface area contributed by atoms with Gasteiger partial charge in [0.25, 0.3) is 5.56 Å². The lowest BCUT2D eigenvalue weighted by molar-refractivity contribution is 0.154. The average Bonchev–Trinajstić information content (AvgIpc) is 3.23. The van der Waals surface area contributed by atoms with Crippen LogP contribution < -0.4 is 5.56 Å². The molecule has 1 aliphatic heterocycles. The number of halogens is 1. The van der Waals surface area contributed by atoms with Gasteiger partial charge >= 0.3 is 6.09 Å². The highest BCUT2D eigenvalue weighted by atomic mass is 35.5. The number of nitrogens with zero attached hydrogens (tertiary/aromatic N) is 3. The van der Waals surface area contributed by atoms with Crippen LogP contribution in [-0.4, -0.2) is 38.7 Å². The van der Waals surface area contributed by atoms with Crippen LogP contribution in [0.25, 0.3) is 20.7 Å². The Labute approximate surface area is 151 Å². The molecule has 0 saturated carbocycles. The maximum Gasteiger partial charge on any atom is 0.407 e. The van der Waals surface area contributed by atoms with Crippen LogP contribution in [0.15, 0.2) is 41.5 Å². The standard InChI is InChI=1S/C17H14ClN3O3S/c18-11-3-1-10(2-4-11)14-7-13-15(25-14)16(22)21(9-19-13)12-5-6-20(8-12)17(23)24/h1-4,7,9,12H,5-6,8H2,(H,23,24). The molecule has 0 radical (unpaired) electrons. The van der Waals surface area contributed by atoms with Crippen molar-refractivity contribution in [1.29, 1.82) is 0 Å². The van der Waals surface area contributed by atoms with Gasteiger partial charge in [0.2, 0.25) is 0 Å². The van der Waals surface area contributed by atoms with Gasteiger partial charge in [-0.1, -0.05) is 23.7 Å². The fraction of sp³-hybridized carbons (Fsp3) is 0.235. The summed E-state index contributed by atoms with van der Waals surface area (Å²) in [5.74, 6) is 0. The molecule has 0 aliphatic carbocycles. The number of likely N-dealkylation sites (tertiary alicyclic amines) is 1. The minimum atomic E-state index is -0.953. The van der Waals surface area contributed by atoms with E-state index in [0.29, 0.717) is 34.7 Å². The van der Waals surface area contributed by atoms with Crippen LogP contribution in [0, 0.1) is 0 Å². The van der Waals surface area contributed by atoms with Gasteiger partial charge in [-0.25, -0.2) is 9.78 Å². The Kier molecular flexibility index (Phi) is 3.97. The van der Waals surface area contributed by atoms with E-state index < -0.39 is 6.09 Å². The van der Waals surface area contributed by atoms with Crippen LogP contribution in [0.2, 0.25) is 5.02 Å². The molecule has 8 heteroatoms. The van der Waals surface area contributed by atoms with Crippen molar-refractivity contribution in [2.75, 3.05) is 13.1 Å². The topological polar surface area (TPSA) is 75.4 Å². The number of carboxylic acid groups (broad SMARTS) is 1. The van der Waals surface area contributed by atoms with E-state index in [4.69, 9.17) is 16.7 Å². The number of hydrogen-bond donors (Lipinski definition) is 1. The van der Waals surface area contributed by atoms with Gasteiger partial charge in [0.1, 0.15) is 4.70 Å². The zero-order valence-corrected chi connectivity index (χ0v) is 14.6. The molecule has 1 N–H and O–H groups in total. The molecule has 1 unspecified atom stereocenters. The molecule has 3 aromatic rings. The Hall–Kier alpha value is -2.38. The van der Waals surface area contributed by atoms with Crippen LogP contribution >= 0.6 is 22.9 Å². The van der Waals surface area contributed by atoms with E-state index in [0.717, 1.165) is 10.4 Å². The molecular formula is C17H14ClN3O3S. The number of amides is 1. The normalized spacial score (nSPS) is 17.3. The molecule has 3 heterocycles. The summed E-state index contributed by atoms with van der Waals surface area (Å²) in [6, 6.07) is 9.17. The molecule has 0 spiro atoms. The SMILES string of the molecule is O=C(O)N1CCC(n2cnc3cc(-c4ccc(Cl)cc4)sc3c2=O)C1. The van der Waals surface area contributed by atoms with Crippen molar-refractivity contribution in [3.05, 3.63) is 52.0 Å². The fourth-order valence-corrected chi connectivity index (χ4v) is 4.26. The summed E-state index contributed by atoms with van der Waals surface area (Å²) < 4.78 is 2.15. The lowest BCUT2D eigenvalue weighted by Gasteiger charge is -2.14. The third-order valence-corrected chi connectivity index (χ3v) is 5.83. The molecule has 0 bridgehead atoms. The number of benzene rings is 1. The number of fused-ring (bicyclic) bond motifs is 1. The Bertz CT molecular complexity index is 1010. The average molecular weight is 376 g/mol. The molecule has 4 rings (SSSR count). The van der Waals surface area contributed by atoms with Gasteiger partial charge in [-0.3, -0.25) is 9.36 Å². The highest BCUT2D eigenvalue weighted by molar-refractivity contribution is 7.22. The summed E-state index contributed by atoms with van der Waals surface area (Å²) in [5.41, 5.74) is 1.52. The van der Waals surface area contributed by atoms with E-state index in [2.05, 4.69) is 4.98 Å². The minimum Gasteiger partial charge on any atom is -0.465 e. The molecule has 25 heavy (non-hydrogen) atoms. The highest BCUT2D eigenvalue weighted by Crippen LogP contribution is 2.32. The first-order valence-corrected chi connectivity index (χ1v) is 8.97. The Balaban J connectivity index is 1.72. The van der Waals surface area contributed by atoms with Gasteiger partial charge in [-0.15, -0.1) is 11.3 Å². The zero-order valence-electron chi connectivity index (χ0n) is 13.1. The van der Waals surface area contributed by atoms with E-state index in [-0.39, 0.29) is 11.6 Å². The highest BCUT2D eigenvalue weighted by Gasteiger charge is 2.28. The van der Waals surface area contributed by atoms with Crippen LogP contribution in [0.3, 0.4) is 0 Å². The van der Waals surface area contributed by atoms with Crippen LogP contribution in [-0.2, 0) is 0 Å². The molecular weight excluding hydrogens is 362 g/mol. The second-order valence-corrected chi connectivity index (χ2v) is 7.45. The van der Waals surface area contributed by atoms with Gasteiger partial charge in [-0.05, 0) is 30.2 Å². The van der Waals surface area contributed by atoms with Crippen molar-refractivity contribution in [3.8, 4) is 10.4 Å². The smallest absolute Gasteiger partial charge is 0.407 e. The van der Waals surface area contributed by atoms with E-state index in [1.165, 1.54) is 22.6 Å². The number of hydrogen-bond acceptors (Lipinski definition) is 4. The number of rotatable bonds is 2. The van der Waals surface area contributed by atoms with E-state index >= 15 is 0 Å². The molecule has 2 aromatic heterocycles. The molecule has 1 atom stereocenters. The Morgan fingerprint density at radius 2 is 2.08 bits per heavy atom. The number of aromatic nitrogens is 2. The van der Waals surface area contributed by atoms with E-state index in [1.54, 1.807) is 4.57 Å². The predicted molar refractivity (Wildman–Crippen MR) is 97.6 cm³/mol. The molecule has 1 saturated heterocycles. The van der Waals surface area contributed by atoms with E-state index in [1.807, 2.05) is 30.3 Å². The summed E-state index contributed by atoms with van der Waals surface area (Å²) in [7, 11) is 0. The van der Waals surface area contributed by atoms with Crippen LogP contribution in [0.5, 0.6) is 0 Å². The van der Waals surface area contributed by atoms with Crippen LogP contribution in [0.1, 0.15) is 12.5 Å². The second kappa shape index (κ2) is 6.16. The predicted octanol–water partition coefficient (Wildman–Crippen LogP) is 3.70. The Morgan fingerprint density at radius 1 is 1.32 bits per heavy atom. The molecule has 1 fully saturated rings. The molecule has 1 aliphatic rings. The monoisotopic (exact) mass is 375 g/mol. The first kappa shape index (κ1) is 16.1. The van der Waals surface area contributed by atoms with Gasteiger partial charge < -0.3 is 10.0 Å². The minimum absolute atomic E-state index is 0.118. The summed E-state index contributed by atoms with van der Waals surface area (Å²) in [6.07, 6.45) is 1.19. The van der Waals surface area contributed by atoms with Crippen molar-refractivity contribution < 1.29 is 9.90 Å². The van der Waals surface area contributed by atoms with Gasteiger partial charge in [0, 0.05) is 23.0 Å². The van der Waals surface area contributed by atoms with Crippen molar-refractivity contribution in [2.24, 2.45) is 0 Å². The molecule has 128 valence electrons. The van der Waals surface area contributed by atoms with Gasteiger partial charge in [0.15, 0.2) is 0 Å². The zero-order chi connectivity index (χ0) is 17.6. The van der Waals surface area contributed by atoms with Crippen molar-refractivity contribution >= 4 is 39.2 Å². The summed E-state index contributed by atoms with van der Waals surface area (Å²) >= 11 is 7.32. The van der Waals surface area contributed by atoms with Crippen molar-refractivity contribution in [2.45, 2.75) is 12.5 Å². The first-order valence-electron chi connectivity index (χ1n) is 7.77. The fourth-order valence-electron chi connectivity index (χ4n) is 3.08.